The molecule has 1 N–H and O–H groups in total. The van der Waals surface area contributed by atoms with Crippen LogP contribution >= 0.6 is 27.3 Å². The summed E-state index contributed by atoms with van der Waals surface area (Å²) in [6.07, 6.45) is 0. The molecule has 0 radical (unpaired) electrons. The van der Waals surface area contributed by atoms with Crippen molar-refractivity contribution in [3.05, 3.63) is 57.3 Å². The summed E-state index contributed by atoms with van der Waals surface area (Å²) in [6.45, 7) is 5.21. The van der Waals surface area contributed by atoms with E-state index in [1.165, 1.54) is 24.3 Å². The third-order valence-electron chi connectivity index (χ3n) is 4.17. The van der Waals surface area contributed by atoms with Gasteiger partial charge < -0.3 is 14.8 Å². The molecule has 1 aromatic heterocycles. The number of nitrogens with one attached hydrogen (secondary N) is 1. The Morgan fingerprint density at radius 1 is 1.24 bits per heavy atom. The van der Waals surface area contributed by atoms with Crippen molar-refractivity contribution in [3.63, 3.8) is 0 Å². The van der Waals surface area contributed by atoms with Crippen molar-refractivity contribution in [3.8, 4) is 5.75 Å². The maximum absolute atomic E-state index is 14.2. The van der Waals surface area contributed by atoms with E-state index in [2.05, 4.69) is 21.2 Å². The van der Waals surface area contributed by atoms with Gasteiger partial charge in [0.15, 0.2) is 0 Å². The van der Waals surface area contributed by atoms with E-state index < -0.39 is 5.97 Å². The fourth-order valence-electron chi connectivity index (χ4n) is 2.86. The second-order valence-electron chi connectivity index (χ2n) is 6.32. The van der Waals surface area contributed by atoms with Crippen molar-refractivity contribution < 1.29 is 23.5 Å². The quantitative estimate of drug-likeness (QED) is 0.452. The molecule has 0 saturated carbocycles. The maximum atomic E-state index is 14.2. The number of carbonyl (C=O) groups is 2. The zero-order valence-corrected chi connectivity index (χ0v) is 18.5. The van der Waals surface area contributed by atoms with E-state index in [0.717, 1.165) is 5.56 Å². The van der Waals surface area contributed by atoms with Crippen LogP contribution in [0.3, 0.4) is 0 Å². The van der Waals surface area contributed by atoms with Crippen molar-refractivity contribution >= 4 is 54.2 Å². The summed E-state index contributed by atoms with van der Waals surface area (Å²) >= 11 is 4.47. The Kier molecular flexibility index (Phi) is 6.54. The van der Waals surface area contributed by atoms with Gasteiger partial charge in [-0.2, -0.15) is 0 Å². The van der Waals surface area contributed by atoms with Gasteiger partial charge in [-0.3, -0.25) is 4.79 Å². The molecule has 3 rings (SSSR count). The Balaban J connectivity index is 2.06. The topological polar surface area (TPSA) is 64.6 Å². The maximum Gasteiger partial charge on any atom is 0.341 e. The predicted octanol–water partition coefficient (Wildman–Crippen LogP) is 5.83. The molecule has 0 aliphatic rings. The van der Waals surface area contributed by atoms with Crippen molar-refractivity contribution in [1.82, 2.24) is 0 Å². The Labute approximate surface area is 179 Å². The molecule has 2 aromatic carbocycles. The standard InChI is InChI=1S/C21H19BrFNO4S/c1-4-27-21(26)17-15-8-5-11(2)18(19(15)29-20(17)24-12(3)25)28-10-13-6-7-14(22)9-16(13)23/h5-9H,4,10H2,1-3H3,(H,24,25). The van der Waals surface area contributed by atoms with Crippen LogP contribution in [0.4, 0.5) is 9.39 Å². The van der Waals surface area contributed by atoms with E-state index in [1.54, 1.807) is 25.1 Å². The van der Waals surface area contributed by atoms with Crippen LogP contribution in [0.25, 0.3) is 10.1 Å². The number of thiophene rings is 1. The molecule has 0 fully saturated rings. The van der Waals surface area contributed by atoms with Gasteiger partial charge in [0.1, 0.15) is 28.7 Å². The number of hydrogen-bond donors (Lipinski definition) is 1. The van der Waals surface area contributed by atoms with Crippen LogP contribution in [0.1, 0.15) is 35.3 Å². The normalized spacial score (nSPS) is 10.8. The molecule has 0 bridgehead atoms. The molecule has 29 heavy (non-hydrogen) atoms. The molecule has 1 heterocycles. The van der Waals surface area contributed by atoms with E-state index in [-0.39, 0.29) is 24.9 Å². The van der Waals surface area contributed by atoms with Crippen molar-refractivity contribution in [2.45, 2.75) is 27.4 Å². The number of esters is 1. The van der Waals surface area contributed by atoms with Gasteiger partial charge in [-0.15, -0.1) is 11.3 Å². The molecule has 0 aliphatic heterocycles. The molecule has 0 unspecified atom stereocenters. The SMILES string of the molecule is CCOC(=O)c1c(NC(C)=O)sc2c(OCc3ccc(Br)cc3F)c(C)ccc12. The summed E-state index contributed by atoms with van der Waals surface area (Å²) in [4.78, 5) is 24.1. The number of fused-ring (bicyclic) bond motifs is 1. The average molecular weight is 480 g/mol. The summed E-state index contributed by atoms with van der Waals surface area (Å²) in [5.74, 6) is -0.645. The first-order valence-electron chi connectivity index (χ1n) is 8.89. The first-order valence-corrected chi connectivity index (χ1v) is 10.5. The van der Waals surface area contributed by atoms with Crippen molar-refractivity contribution in [2.24, 2.45) is 0 Å². The highest BCUT2D eigenvalue weighted by Crippen LogP contribution is 2.43. The first kappa shape index (κ1) is 21.3. The van der Waals surface area contributed by atoms with Gasteiger partial charge in [-0.05, 0) is 31.5 Å². The number of carbonyl (C=O) groups excluding carboxylic acids is 2. The van der Waals surface area contributed by atoms with E-state index in [1.807, 2.05) is 13.0 Å². The van der Waals surface area contributed by atoms with Crippen molar-refractivity contribution in [2.75, 3.05) is 11.9 Å². The lowest BCUT2D eigenvalue weighted by Gasteiger charge is -2.11. The van der Waals surface area contributed by atoms with E-state index >= 15 is 0 Å². The van der Waals surface area contributed by atoms with Crippen LogP contribution in [0.2, 0.25) is 0 Å². The van der Waals surface area contributed by atoms with E-state index in [0.29, 0.717) is 36.4 Å². The fraction of sp³-hybridized carbons (Fsp3) is 0.238. The molecule has 152 valence electrons. The Morgan fingerprint density at radius 3 is 2.66 bits per heavy atom. The van der Waals surface area contributed by atoms with Crippen LogP contribution in [0.5, 0.6) is 5.75 Å². The molecular formula is C21H19BrFNO4S. The molecule has 8 heteroatoms. The van der Waals surface area contributed by atoms with Gasteiger partial charge in [-0.1, -0.05) is 34.1 Å². The van der Waals surface area contributed by atoms with Crippen LogP contribution in [0.15, 0.2) is 34.8 Å². The molecule has 3 aromatic rings. The van der Waals surface area contributed by atoms with E-state index in [9.17, 15) is 14.0 Å². The summed E-state index contributed by atoms with van der Waals surface area (Å²) in [7, 11) is 0. The lowest BCUT2D eigenvalue weighted by Crippen LogP contribution is -2.10. The number of hydrogen-bond acceptors (Lipinski definition) is 5. The molecule has 0 spiro atoms. The number of aryl methyl sites for hydroxylation is 1. The van der Waals surface area contributed by atoms with Crippen molar-refractivity contribution in [1.29, 1.82) is 0 Å². The van der Waals surface area contributed by atoms with Gasteiger partial charge in [0.05, 0.1) is 11.3 Å². The number of amides is 1. The summed E-state index contributed by atoms with van der Waals surface area (Å²) in [6, 6.07) is 8.39. The van der Waals surface area contributed by atoms with Crippen LogP contribution < -0.4 is 10.1 Å². The summed E-state index contributed by atoms with van der Waals surface area (Å²) in [5.41, 5.74) is 1.54. The summed E-state index contributed by atoms with van der Waals surface area (Å²) < 4.78 is 26.6. The molecule has 1 amide bonds. The zero-order valence-electron chi connectivity index (χ0n) is 16.1. The second kappa shape index (κ2) is 8.92. The molecule has 0 saturated heterocycles. The third-order valence-corrected chi connectivity index (χ3v) is 5.78. The predicted molar refractivity (Wildman–Crippen MR) is 115 cm³/mol. The highest BCUT2D eigenvalue weighted by atomic mass is 79.9. The minimum absolute atomic E-state index is 0.0289. The Hall–Kier alpha value is -2.45. The van der Waals surface area contributed by atoms with Crippen LogP contribution in [-0.2, 0) is 16.1 Å². The lowest BCUT2D eigenvalue weighted by atomic mass is 10.1. The van der Waals surface area contributed by atoms with Gasteiger partial charge in [-0.25, -0.2) is 9.18 Å². The smallest absolute Gasteiger partial charge is 0.341 e. The zero-order chi connectivity index (χ0) is 21.1. The highest BCUT2D eigenvalue weighted by Gasteiger charge is 2.24. The largest absolute Gasteiger partial charge is 0.487 e. The number of ether oxygens (including phenoxy) is 2. The minimum atomic E-state index is -0.517. The number of rotatable bonds is 6. The van der Waals surface area contributed by atoms with Gasteiger partial charge in [0.25, 0.3) is 0 Å². The van der Waals surface area contributed by atoms with Crippen LogP contribution in [0, 0.1) is 12.7 Å². The second-order valence-corrected chi connectivity index (χ2v) is 8.26. The number of halogens is 2. The number of anilines is 1. The van der Waals surface area contributed by atoms with Gasteiger partial charge in [0, 0.05) is 22.3 Å². The van der Waals surface area contributed by atoms with E-state index in [4.69, 9.17) is 9.47 Å². The fourth-order valence-corrected chi connectivity index (χ4v) is 4.48. The summed E-state index contributed by atoms with van der Waals surface area (Å²) in [5, 5.41) is 3.71. The van der Waals surface area contributed by atoms with Gasteiger partial charge in [0.2, 0.25) is 5.91 Å². The number of benzene rings is 2. The first-order chi connectivity index (χ1) is 13.8. The Bertz CT molecular complexity index is 1100. The van der Waals surface area contributed by atoms with Crippen LogP contribution in [-0.4, -0.2) is 18.5 Å². The molecule has 5 nitrogen and oxygen atoms in total. The lowest BCUT2D eigenvalue weighted by molar-refractivity contribution is -0.114. The monoisotopic (exact) mass is 479 g/mol. The average Bonchev–Trinajstić information content (AvgIpc) is 2.99. The van der Waals surface area contributed by atoms with Gasteiger partial charge >= 0.3 is 5.97 Å². The highest BCUT2D eigenvalue weighted by molar-refractivity contribution is 9.10. The third kappa shape index (κ3) is 4.59. The molecular weight excluding hydrogens is 461 g/mol. The molecule has 0 aliphatic carbocycles. The Morgan fingerprint density at radius 2 is 2.00 bits per heavy atom. The minimum Gasteiger partial charge on any atom is -0.487 e. The molecule has 0 atom stereocenters.